The summed E-state index contributed by atoms with van der Waals surface area (Å²) in [5.41, 5.74) is 0. The first-order chi connectivity index (χ1) is 8.15. The monoisotopic (exact) mass is 248 g/mol. The van der Waals surface area contributed by atoms with Crippen LogP contribution in [0.25, 0.3) is 0 Å². The lowest BCUT2D eigenvalue weighted by molar-refractivity contribution is 0.208. The average molecular weight is 248 g/mol. The Bertz CT molecular complexity index is 131. The van der Waals surface area contributed by atoms with Crippen molar-refractivity contribution in [3.63, 3.8) is 0 Å². The van der Waals surface area contributed by atoms with E-state index < -0.39 is 0 Å². The molecule has 0 aliphatic heterocycles. The van der Waals surface area contributed by atoms with Gasteiger partial charge in [0.1, 0.15) is 0 Å². The topological polar surface area (TPSA) is 55.7 Å². The van der Waals surface area contributed by atoms with Gasteiger partial charge in [0.15, 0.2) is 0 Å². The average Bonchev–Trinajstić information content (AvgIpc) is 2.36. The van der Waals surface area contributed by atoms with Crippen LogP contribution in [0, 0.1) is 0 Å². The molecular formula is C13H32N2O2. The lowest BCUT2D eigenvalue weighted by Crippen LogP contribution is -2.29. The van der Waals surface area contributed by atoms with E-state index in [0.29, 0.717) is 0 Å². The molecule has 106 valence electrons. The van der Waals surface area contributed by atoms with Crippen molar-refractivity contribution >= 4 is 0 Å². The zero-order valence-corrected chi connectivity index (χ0v) is 12.1. The molecule has 0 aromatic rings. The molecule has 17 heavy (non-hydrogen) atoms. The van der Waals surface area contributed by atoms with Crippen molar-refractivity contribution in [1.29, 1.82) is 0 Å². The molecule has 4 heteroatoms. The lowest BCUT2D eigenvalue weighted by atomic mass is 10.3. The predicted octanol–water partition coefficient (Wildman–Crippen LogP) is 1.08. The van der Waals surface area contributed by atoms with E-state index in [9.17, 15) is 0 Å². The molecule has 0 saturated heterocycles. The molecule has 0 saturated carbocycles. The van der Waals surface area contributed by atoms with Crippen molar-refractivity contribution in [2.24, 2.45) is 0 Å². The molecule has 0 rings (SSSR count). The molecule has 0 aliphatic rings. The zero-order chi connectivity index (χ0) is 13.5. The van der Waals surface area contributed by atoms with Crippen LogP contribution in [0.4, 0.5) is 0 Å². The van der Waals surface area contributed by atoms with Crippen molar-refractivity contribution in [1.82, 2.24) is 10.2 Å². The minimum atomic E-state index is 0.240. The van der Waals surface area contributed by atoms with Gasteiger partial charge in [-0.1, -0.05) is 27.2 Å². The van der Waals surface area contributed by atoms with Gasteiger partial charge in [0.05, 0.1) is 13.2 Å². The van der Waals surface area contributed by atoms with E-state index in [2.05, 4.69) is 31.0 Å². The third kappa shape index (κ3) is 15.8. The van der Waals surface area contributed by atoms with Crippen molar-refractivity contribution in [2.45, 2.75) is 46.6 Å². The van der Waals surface area contributed by atoms with Crippen LogP contribution in [0.5, 0.6) is 0 Å². The number of aliphatic hydroxyl groups excluding tert-OH is 2. The summed E-state index contributed by atoms with van der Waals surface area (Å²) in [6, 6.07) is 0.261. The molecule has 0 aromatic carbocycles. The highest BCUT2D eigenvalue weighted by Crippen LogP contribution is 1.84. The van der Waals surface area contributed by atoms with E-state index in [1.165, 1.54) is 12.8 Å². The number of hydrogen-bond acceptors (Lipinski definition) is 4. The predicted molar refractivity (Wildman–Crippen MR) is 74.3 cm³/mol. The van der Waals surface area contributed by atoms with Gasteiger partial charge in [-0.25, -0.2) is 0 Å². The first-order valence-electron chi connectivity index (χ1n) is 6.83. The van der Waals surface area contributed by atoms with Gasteiger partial charge in [-0.15, -0.1) is 0 Å². The highest BCUT2D eigenvalue weighted by Gasteiger charge is 1.94. The van der Waals surface area contributed by atoms with Gasteiger partial charge in [0.2, 0.25) is 0 Å². The lowest BCUT2D eigenvalue weighted by Gasteiger charge is -2.15. The number of hydrogen-bond donors (Lipinski definition) is 3. The van der Waals surface area contributed by atoms with Crippen molar-refractivity contribution in [3.8, 4) is 0 Å². The number of likely N-dealkylation sites (N-methyl/N-ethyl adjacent to an activating group) is 1. The zero-order valence-electron chi connectivity index (χ0n) is 12.1. The van der Waals surface area contributed by atoms with Crippen molar-refractivity contribution in [3.05, 3.63) is 0 Å². The Balaban J connectivity index is 0. The molecule has 3 N–H and O–H groups in total. The number of nitrogens with zero attached hydrogens (tertiary/aromatic N) is 1. The molecule has 0 aromatic heterocycles. The Kier molecular flexibility index (Phi) is 17.9. The summed E-state index contributed by atoms with van der Waals surface area (Å²) >= 11 is 0. The number of unbranched alkanes of at least 4 members (excludes halogenated alkanes) is 1. The minimum Gasteiger partial charge on any atom is -0.395 e. The van der Waals surface area contributed by atoms with Crippen molar-refractivity contribution < 1.29 is 10.2 Å². The Morgan fingerprint density at radius 1 is 1.12 bits per heavy atom. The molecule has 0 aliphatic carbocycles. The SMILES string of the molecule is CCCCNC(C)CO.CCN(CC)CCO. The molecule has 0 fully saturated rings. The number of rotatable bonds is 9. The second kappa shape index (κ2) is 15.8. The van der Waals surface area contributed by atoms with Crippen LogP contribution < -0.4 is 5.32 Å². The summed E-state index contributed by atoms with van der Waals surface area (Å²) in [6.45, 7) is 12.8. The standard InChI is InChI=1S/C7H17NO.C6H15NO/c1-3-4-5-8-7(2)6-9;1-3-7(4-2)5-6-8/h7-9H,3-6H2,1-2H3;8H,3-6H2,1-2H3. The van der Waals surface area contributed by atoms with E-state index >= 15 is 0 Å². The molecule has 1 unspecified atom stereocenters. The molecule has 4 nitrogen and oxygen atoms in total. The molecule has 0 radical (unpaired) electrons. The fourth-order valence-corrected chi connectivity index (χ4v) is 1.27. The van der Waals surface area contributed by atoms with Gasteiger partial charge in [-0.05, 0) is 33.0 Å². The van der Waals surface area contributed by atoms with Crippen LogP contribution in [-0.2, 0) is 0 Å². The quantitative estimate of drug-likeness (QED) is 0.534. The van der Waals surface area contributed by atoms with Crippen molar-refractivity contribution in [2.75, 3.05) is 39.4 Å². The first-order valence-corrected chi connectivity index (χ1v) is 6.83. The van der Waals surface area contributed by atoms with Crippen LogP contribution in [-0.4, -0.2) is 60.5 Å². The highest BCUT2D eigenvalue weighted by molar-refractivity contribution is 4.56. The second-order valence-electron chi connectivity index (χ2n) is 4.14. The van der Waals surface area contributed by atoms with Gasteiger partial charge >= 0.3 is 0 Å². The van der Waals surface area contributed by atoms with Gasteiger partial charge in [0.25, 0.3) is 0 Å². The van der Waals surface area contributed by atoms with Crippen LogP contribution >= 0.6 is 0 Å². The summed E-state index contributed by atoms with van der Waals surface area (Å²) in [4.78, 5) is 2.18. The smallest absolute Gasteiger partial charge is 0.0581 e. The van der Waals surface area contributed by atoms with Crippen LogP contribution in [0.15, 0.2) is 0 Å². The van der Waals surface area contributed by atoms with Crippen LogP contribution in [0.1, 0.15) is 40.5 Å². The van der Waals surface area contributed by atoms with E-state index in [1.54, 1.807) is 0 Å². The van der Waals surface area contributed by atoms with E-state index in [4.69, 9.17) is 10.2 Å². The van der Waals surface area contributed by atoms with E-state index in [0.717, 1.165) is 26.2 Å². The Morgan fingerprint density at radius 2 is 1.71 bits per heavy atom. The minimum absolute atomic E-state index is 0.240. The fraction of sp³-hybridized carbons (Fsp3) is 1.00. The summed E-state index contributed by atoms with van der Waals surface area (Å²) in [5, 5.41) is 20.2. The van der Waals surface area contributed by atoms with E-state index in [-0.39, 0.29) is 19.3 Å². The Labute approximate surface area is 107 Å². The molecule has 0 bridgehead atoms. The normalized spacial score (nSPS) is 12.2. The fourth-order valence-electron chi connectivity index (χ4n) is 1.27. The molecule has 0 spiro atoms. The van der Waals surface area contributed by atoms with Gasteiger partial charge in [0, 0.05) is 12.6 Å². The number of nitrogens with one attached hydrogen (secondary N) is 1. The third-order valence-electron chi connectivity index (χ3n) is 2.61. The summed E-state index contributed by atoms with van der Waals surface area (Å²) < 4.78 is 0. The third-order valence-corrected chi connectivity index (χ3v) is 2.61. The maximum Gasteiger partial charge on any atom is 0.0581 e. The molecule has 1 atom stereocenters. The van der Waals surface area contributed by atoms with Gasteiger partial charge in [-0.2, -0.15) is 0 Å². The summed E-state index contributed by atoms with van der Waals surface area (Å²) in [6.07, 6.45) is 2.41. The maximum atomic E-state index is 8.57. The first kappa shape index (κ1) is 19.2. The molecular weight excluding hydrogens is 216 g/mol. The summed E-state index contributed by atoms with van der Waals surface area (Å²) in [7, 11) is 0. The van der Waals surface area contributed by atoms with Gasteiger partial charge < -0.3 is 20.4 Å². The molecule has 0 heterocycles. The summed E-state index contributed by atoms with van der Waals surface area (Å²) in [5.74, 6) is 0. The van der Waals surface area contributed by atoms with Gasteiger partial charge in [-0.3, -0.25) is 0 Å². The maximum absolute atomic E-state index is 8.57. The van der Waals surface area contributed by atoms with E-state index in [1.807, 2.05) is 6.92 Å². The van der Waals surface area contributed by atoms with Crippen LogP contribution in [0.3, 0.4) is 0 Å². The van der Waals surface area contributed by atoms with Crippen LogP contribution in [0.2, 0.25) is 0 Å². The second-order valence-corrected chi connectivity index (χ2v) is 4.14. The Morgan fingerprint density at radius 3 is 2.00 bits per heavy atom. The highest BCUT2D eigenvalue weighted by atomic mass is 16.3. The largest absolute Gasteiger partial charge is 0.395 e. The molecule has 0 amide bonds. The number of aliphatic hydroxyl groups is 2. The Hall–Kier alpha value is -0.160.